The molecule has 0 unspecified atom stereocenters. The number of aryl methyl sites for hydroxylation is 1. The van der Waals surface area contributed by atoms with Gasteiger partial charge in [-0.15, -0.1) is 6.42 Å². The molecule has 14 heavy (non-hydrogen) atoms. The van der Waals surface area contributed by atoms with Crippen LogP contribution in [0, 0.1) is 19.3 Å². The van der Waals surface area contributed by atoms with Gasteiger partial charge in [0, 0.05) is 13.1 Å². The van der Waals surface area contributed by atoms with E-state index in [4.69, 9.17) is 6.42 Å². The lowest BCUT2D eigenvalue weighted by Crippen LogP contribution is -2.30. The van der Waals surface area contributed by atoms with E-state index in [0.29, 0.717) is 0 Å². The Bertz CT molecular complexity index is 373. The summed E-state index contributed by atoms with van der Waals surface area (Å²) in [6, 6.07) is 6.70. The molecular formula is C13H15N. The molecule has 0 N–H and O–H groups in total. The Labute approximate surface area is 85.7 Å². The maximum atomic E-state index is 5.31. The van der Waals surface area contributed by atoms with Crippen molar-refractivity contribution in [3.63, 3.8) is 0 Å². The topological polar surface area (TPSA) is 3.24 Å². The van der Waals surface area contributed by atoms with Gasteiger partial charge in [-0.25, -0.2) is 0 Å². The quantitative estimate of drug-likeness (QED) is 0.605. The van der Waals surface area contributed by atoms with Crippen molar-refractivity contribution in [2.75, 3.05) is 13.1 Å². The van der Waals surface area contributed by atoms with Gasteiger partial charge < -0.3 is 0 Å². The summed E-state index contributed by atoms with van der Waals surface area (Å²) in [5.41, 5.74) is 4.30. The van der Waals surface area contributed by atoms with Crippen LogP contribution in [0.5, 0.6) is 0 Å². The number of hydrogen-bond donors (Lipinski definition) is 0. The Balaban J connectivity index is 2.20. The normalized spacial score (nSPS) is 16.0. The summed E-state index contributed by atoms with van der Waals surface area (Å²) in [7, 11) is 0. The minimum absolute atomic E-state index is 0.771. The summed E-state index contributed by atoms with van der Waals surface area (Å²) in [5.74, 6) is 2.71. The molecule has 72 valence electrons. The van der Waals surface area contributed by atoms with E-state index in [-0.39, 0.29) is 0 Å². The molecule has 0 bridgehead atoms. The van der Waals surface area contributed by atoms with Crippen LogP contribution in [0.1, 0.15) is 16.7 Å². The molecule has 1 aromatic carbocycles. The van der Waals surface area contributed by atoms with Gasteiger partial charge in [0.15, 0.2) is 0 Å². The molecular weight excluding hydrogens is 170 g/mol. The van der Waals surface area contributed by atoms with Crippen LogP contribution < -0.4 is 0 Å². The van der Waals surface area contributed by atoms with Gasteiger partial charge in [0.05, 0.1) is 6.54 Å². The fourth-order valence-corrected chi connectivity index (χ4v) is 2.00. The minimum atomic E-state index is 0.771. The highest BCUT2D eigenvalue weighted by Crippen LogP contribution is 2.19. The van der Waals surface area contributed by atoms with E-state index in [0.717, 1.165) is 26.1 Å². The average Bonchev–Trinajstić information content (AvgIpc) is 2.19. The van der Waals surface area contributed by atoms with Crippen molar-refractivity contribution < 1.29 is 0 Å². The molecule has 0 radical (unpaired) electrons. The van der Waals surface area contributed by atoms with Gasteiger partial charge in [-0.2, -0.15) is 0 Å². The Kier molecular flexibility index (Phi) is 2.56. The third-order valence-electron chi connectivity index (χ3n) is 2.77. The third-order valence-corrected chi connectivity index (χ3v) is 2.77. The molecule has 1 aromatic rings. The van der Waals surface area contributed by atoms with Crippen LogP contribution in [-0.4, -0.2) is 18.0 Å². The summed E-state index contributed by atoms with van der Waals surface area (Å²) < 4.78 is 0. The lowest BCUT2D eigenvalue weighted by Gasteiger charge is -2.27. The van der Waals surface area contributed by atoms with Crippen molar-refractivity contribution in [1.29, 1.82) is 0 Å². The Morgan fingerprint density at radius 2 is 2.29 bits per heavy atom. The van der Waals surface area contributed by atoms with E-state index in [1.54, 1.807) is 0 Å². The first-order valence-corrected chi connectivity index (χ1v) is 5.04. The van der Waals surface area contributed by atoms with Crippen LogP contribution in [0.2, 0.25) is 0 Å². The zero-order valence-corrected chi connectivity index (χ0v) is 8.59. The molecule has 0 fully saturated rings. The van der Waals surface area contributed by atoms with Gasteiger partial charge in [-0.05, 0) is 24.5 Å². The van der Waals surface area contributed by atoms with Crippen molar-refractivity contribution in [2.24, 2.45) is 0 Å². The number of nitrogens with zero attached hydrogens (tertiary/aromatic N) is 1. The fourth-order valence-electron chi connectivity index (χ4n) is 2.00. The van der Waals surface area contributed by atoms with Gasteiger partial charge in [-0.3, -0.25) is 4.90 Å². The van der Waals surface area contributed by atoms with Crippen molar-refractivity contribution in [2.45, 2.75) is 19.9 Å². The minimum Gasteiger partial charge on any atom is -0.288 e. The number of fused-ring (bicyclic) bond motifs is 1. The molecule has 2 rings (SSSR count). The van der Waals surface area contributed by atoms with E-state index in [2.05, 4.69) is 35.9 Å². The van der Waals surface area contributed by atoms with Gasteiger partial charge in [-0.1, -0.05) is 29.7 Å². The molecule has 0 saturated heterocycles. The van der Waals surface area contributed by atoms with Crippen molar-refractivity contribution >= 4 is 0 Å². The summed E-state index contributed by atoms with van der Waals surface area (Å²) in [6.45, 7) is 5.03. The van der Waals surface area contributed by atoms with E-state index in [1.165, 1.54) is 16.7 Å². The van der Waals surface area contributed by atoms with Crippen LogP contribution in [0.4, 0.5) is 0 Å². The van der Waals surface area contributed by atoms with Gasteiger partial charge >= 0.3 is 0 Å². The predicted octanol–water partition coefficient (Wildman–Crippen LogP) is 1.99. The molecule has 1 nitrogen and oxygen atoms in total. The van der Waals surface area contributed by atoms with Crippen LogP contribution in [-0.2, 0) is 13.0 Å². The molecule has 1 aliphatic rings. The maximum Gasteiger partial charge on any atom is 0.0601 e. The Morgan fingerprint density at radius 1 is 1.43 bits per heavy atom. The third kappa shape index (κ3) is 1.81. The molecule has 0 spiro atoms. The summed E-state index contributed by atoms with van der Waals surface area (Å²) in [4.78, 5) is 2.32. The fraction of sp³-hybridized carbons (Fsp3) is 0.385. The van der Waals surface area contributed by atoms with Crippen LogP contribution in [0.15, 0.2) is 18.2 Å². The molecule has 1 heterocycles. The number of terminal acetylenes is 1. The highest BCUT2D eigenvalue weighted by molar-refractivity contribution is 5.33. The van der Waals surface area contributed by atoms with E-state index in [1.807, 2.05) is 0 Å². The van der Waals surface area contributed by atoms with Crippen LogP contribution in [0.3, 0.4) is 0 Å². The van der Waals surface area contributed by atoms with Gasteiger partial charge in [0.2, 0.25) is 0 Å². The molecule has 0 aromatic heterocycles. The van der Waals surface area contributed by atoms with Crippen molar-refractivity contribution in [1.82, 2.24) is 4.90 Å². The highest BCUT2D eigenvalue weighted by atomic mass is 15.1. The molecule has 1 heteroatoms. The second-order valence-electron chi connectivity index (χ2n) is 3.94. The number of rotatable bonds is 1. The Morgan fingerprint density at radius 3 is 3.07 bits per heavy atom. The van der Waals surface area contributed by atoms with Crippen molar-refractivity contribution in [3.8, 4) is 12.3 Å². The molecule has 0 atom stereocenters. The Hall–Kier alpha value is -1.26. The summed E-state index contributed by atoms with van der Waals surface area (Å²) in [6.07, 6.45) is 6.45. The zero-order chi connectivity index (χ0) is 9.97. The predicted molar refractivity (Wildman–Crippen MR) is 59.0 cm³/mol. The van der Waals surface area contributed by atoms with Crippen LogP contribution >= 0.6 is 0 Å². The number of hydrogen-bond acceptors (Lipinski definition) is 1. The first-order chi connectivity index (χ1) is 6.79. The first kappa shape index (κ1) is 9.30. The van der Waals surface area contributed by atoms with Crippen LogP contribution in [0.25, 0.3) is 0 Å². The van der Waals surface area contributed by atoms with E-state index in [9.17, 15) is 0 Å². The number of benzene rings is 1. The van der Waals surface area contributed by atoms with E-state index < -0.39 is 0 Å². The summed E-state index contributed by atoms with van der Waals surface area (Å²) >= 11 is 0. The molecule has 1 aliphatic heterocycles. The van der Waals surface area contributed by atoms with Gasteiger partial charge in [0.25, 0.3) is 0 Å². The second-order valence-corrected chi connectivity index (χ2v) is 3.94. The smallest absolute Gasteiger partial charge is 0.0601 e. The highest BCUT2D eigenvalue weighted by Gasteiger charge is 2.14. The first-order valence-electron chi connectivity index (χ1n) is 5.04. The standard InChI is InChI=1S/C13H15N/c1-3-7-14-8-6-12-9-11(2)4-5-13(12)10-14/h1,4-5,9H,6-8,10H2,2H3. The molecule has 0 aliphatic carbocycles. The SMILES string of the molecule is C#CCN1CCc2cc(C)ccc2C1. The van der Waals surface area contributed by atoms with E-state index >= 15 is 0 Å². The maximum absolute atomic E-state index is 5.31. The lowest BCUT2D eigenvalue weighted by atomic mass is 9.98. The van der Waals surface area contributed by atoms with Gasteiger partial charge in [0.1, 0.15) is 0 Å². The van der Waals surface area contributed by atoms with Crippen molar-refractivity contribution in [3.05, 3.63) is 34.9 Å². The second kappa shape index (κ2) is 3.86. The average molecular weight is 185 g/mol. The monoisotopic (exact) mass is 185 g/mol. The molecule has 0 saturated carbocycles. The molecule has 0 amide bonds. The zero-order valence-electron chi connectivity index (χ0n) is 8.59. The largest absolute Gasteiger partial charge is 0.288 e. The lowest BCUT2D eigenvalue weighted by molar-refractivity contribution is 0.286. The summed E-state index contributed by atoms with van der Waals surface area (Å²) in [5, 5.41) is 0.